The fourth-order valence-corrected chi connectivity index (χ4v) is 4.03. The molecule has 2 aliphatic heterocycles. The van der Waals surface area contributed by atoms with Crippen molar-refractivity contribution in [2.75, 3.05) is 22.5 Å². The van der Waals surface area contributed by atoms with Gasteiger partial charge in [-0.3, -0.25) is 19.9 Å². The average molecular weight is 453 g/mol. The molecule has 4 rings (SSSR count). The van der Waals surface area contributed by atoms with Gasteiger partial charge < -0.3 is 5.32 Å². The average Bonchev–Trinajstić information content (AvgIpc) is 3.17. The van der Waals surface area contributed by atoms with E-state index in [1.165, 1.54) is 6.07 Å². The molecule has 0 radical (unpaired) electrons. The van der Waals surface area contributed by atoms with E-state index in [9.17, 15) is 27.2 Å². The zero-order valence-electron chi connectivity index (χ0n) is 15.7. The maximum Gasteiger partial charge on any atom is 0.241 e. The highest BCUT2D eigenvalue weighted by Crippen LogP contribution is 2.30. The minimum atomic E-state index is -1.13. The zero-order valence-corrected chi connectivity index (χ0v) is 16.5. The van der Waals surface area contributed by atoms with Crippen molar-refractivity contribution in [1.82, 2.24) is 10.9 Å². The van der Waals surface area contributed by atoms with Crippen LogP contribution in [0.25, 0.3) is 0 Å². The van der Waals surface area contributed by atoms with Crippen molar-refractivity contribution < 1.29 is 27.2 Å². The number of amides is 2. The van der Waals surface area contributed by atoms with Crippen LogP contribution >= 0.6 is 11.8 Å². The lowest BCUT2D eigenvalue weighted by molar-refractivity contribution is -0.121. The molecule has 2 aromatic carbocycles. The lowest BCUT2D eigenvalue weighted by Crippen LogP contribution is -2.49. The number of hydrazine groups is 1. The van der Waals surface area contributed by atoms with Gasteiger partial charge in [0.1, 0.15) is 17.8 Å². The number of benzene rings is 2. The highest BCUT2D eigenvalue weighted by atomic mass is 32.2. The number of nitrogens with zero attached hydrogens (tertiary/aromatic N) is 2. The number of hydrogen-bond acceptors (Lipinski definition) is 6. The number of halogens is 4. The molecule has 0 bridgehead atoms. The predicted molar refractivity (Wildman–Crippen MR) is 107 cm³/mol. The maximum absolute atomic E-state index is 13.8. The van der Waals surface area contributed by atoms with E-state index in [4.69, 9.17) is 0 Å². The molecule has 2 aliphatic rings. The van der Waals surface area contributed by atoms with E-state index in [-0.39, 0.29) is 28.8 Å². The SMILES string of the molecule is O=C(CSC1=NC2NNCC2C(=O)N1c1ccc(F)c(F)c1)Nc1cc(F)cc(F)c1. The number of fused-ring (bicyclic) bond motifs is 1. The Morgan fingerprint density at radius 2 is 1.87 bits per heavy atom. The summed E-state index contributed by atoms with van der Waals surface area (Å²) in [5.41, 5.74) is 5.65. The lowest BCUT2D eigenvalue weighted by Gasteiger charge is -2.32. The van der Waals surface area contributed by atoms with E-state index in [2.05, 4.69) is 21.2 Å². The Morgan fingerprint density at radius 3 is 2.58 bits per heavy atom. The second kappa shape index (κ2) is 8.65. The molecule has 2 atom stereocenters. The van der Waals surface area contributed by atoms with E-state index >= 15 is 0 Å². The van der Waals surface area contributed by atoms with Crippen molar-refractivity contribution in [3.63, 3.8) is 0 Å². The van der Waals surface area contributed by atoms with E-state index in [0.717, 1.165) is 40.9 Å². The maximum atomic E-state index is 13.8. The molecule has 0 spiro atoms. The highest BCUT2D eigenvalue weighted by molar-refractivity contribution is 8.14. The van der Waals surface area contributed by atoms with Gasteiger partial charge in [0.05, 0.1) is 17.4 Å². The van der Waals surface area contributed by atoms with E-state index in [1.54, 1.807) is 0 Å². The molecule has 3 N–H and O–H groups in total. The van der Waals surface area contributed by atoms with Crippen molar-refractivity contribution in [2.24, 2.45) is 10.9 Å². The van der Waals surface area contributed by atoms with Crippen LogP contribution in [0.3, 0.4) is 0 Å². The first-order valence-corrected chi connectivity index (χ1v) is 10.0. The van der Waals surface area contributed by atoms with E-state index in [1.807, 2.05) is 0 Å². The molecule has 7 nitrogen and oxygen atoms in total. The summed E-state index contributed by atoms with van der Waals surface area (Å²) >= 11 is 0.870. The normalized spacial score (nSPS) is 20.5. The summed E-state index contributed by atoms with van der Waals surface area (Å²) in [6.07, 6.45) is -0.586. The minimum absolute atomic E-state index is 0.0631. The molecular weight excluding hydrogens is 438 g/mol. The standard InChI is InChI=1S/C19H15F4N5O2S/c20-9-3-10(21)5-11(4-9)25-16(29)8-31-19-26-17-13(7-24-27-17)18(30)28(19)12-1-2-14(22)15(23)6-12/h1-6,13,17,24,27H,7-8H2,(H,25,29). The minimum Gasteiger partial charge on any atom is -0.325 e. The summed E-state index contributed by atoms with van der Waals surface area (Å²) in [4.78, 5) is 30.8. The van der Waals surface area contributed by atoms with Crippen molar-refractivity contribution >= 4 is 40.1 Å². The number of thioether (sulfide) groups is 1. The van der Waals surface area contributed by atoms with Gasteiger partial charge in [-0.05, 0) is 24.3 Å². The lowest BCUT2D eigenvalue weighted by atomic mass is 10.0. The van der Waals surface area contributed by atoms with Crippen molar-refractivity contribution in [3.8, 4) is 0 Å². The van der Waals surface area contributed by atoms with Gasteiger partial charge >= 0.3 is 0 Å². The van der Waals surface area contributed by atoms with Gasteiger partial charge in [-0.25, -0.2) is 28.0 Å². The molecule has 2 heterocycles. The topological polar surface area (TPSA) is 85.8 Å². The van der Waals surface area contributed by atoms with Gasteiger partial charge in [-0.15, -0.1) is 0 Å². The Labute approximate surface area is 177 Å². The van der Waals surface area contributed by atoms with Crippen LogP contribution in [0.5, 0.6) is 0 Å². The monoisotopic (exact) mass is 453 g/mol. The number of nitrogens with one attached hydrogen (secondary N) is 3. The second-order valence-electron chi connectivity index (χ2n) is 6.76. The van der Waals surface area contributed by atoms with Crippen LogP contribution in [0, 0.1) is 29.2 Å². The van der Waals surface area contributed by atoms with Crippen LogP contribution in [-0.4, -0.2) is 35.4 Å². The largest absolute Gasteiger partial charge is 0.325 e. The fourth-order valence-electron chi connectivity index (χ4n) is 3.18. The molecule has 2 aromatic rings. The number of carbonyl (C=O) groups excluding carboxylic acids is 2. The van der Waals surface area contributed by atoms with Crippen molar-refractivity contribution in [2.45, 2.75) is 6.17 Å². The summed E-state index contributed by atoms with van der Waals surface area (Å²) in [6, 6.07) is 5.58. The third-order valence-corrected chi connectivity index (χ3v) is 5.52. The molecule has 1 saturated heterocycles. The number of amidine groups is 1. The van der Waals surface area contributed by atoms with Crippen LogP contribution in [0.15, 0.2) is 41.4 Å². The van der Waals surface area contributed by atoms with Gasteiger partial charge in [-0.1, -0.05) is 11.8 Å². The second-order valence-corrected chi connectivity index (χ2v) is 7.70. The zero-order chi connectivity index (χ0) is 22.1. The summed E-state index contributed by atoms with van der Waals surface area (Å²) in [5.74, 6) is -5.72. The summed E-state index contributed by atoms with van der Waals surface area (Å²) in [6.45, 7) is 0.288. The molecular formula is C19H15F4N5O2S. The van der Waals surface area contributed by atoms with Gasteiger partial charge in [0, 0.05) is 24.4 Å². The molecule has 2 unspecified atom stereocenters. The molecule has 1 fully saturated rings. The molecule has 12 heteroatoms. The van der Waals surface area contributed by atoms with Crippen LogP contribution in [0.2, 0.25) is 0 Å². The smallest absolute Gasteiger partial charge is 0.241 e. The number of anilines is 2. The first-order chi connectivity index (χ1) is 14.8. The van der Waals surface area contributed by atoms with Crippen LogP contribution in [0.1, 0.15) is 0 Å². The summed E-state index contributed by atoms with van der Waals surface area (Å²) in [5, 5.41) is 2.45. The van der Waals surface area contributed by atoms with Gasteiger partial charge in [0.25, 0.3) is 0 Å². The molecule has 0 saturated carbocycles. The fraction of sp³-hybridized carbons (Fsp3) is 0.211. The van der Waals surface area contributed by atoms with Gasteiger partial charge in [0.15, 0.2) is 16.8 Å². The van der Waals surface area contributed by atoms with Crippen LogP contribution in [-0.2, 0) is 9.59 Å². The molecule has 0 aromatic heterocycles. The third kappa shape index (κ3) is 4.55. The number of hydrogen-bond donors (Lipinski definition) is 3. The quantitative estimate of drug-likeness (QED) is 0.619. The Hall–Kier alpha value is -2.96. The first kappa shape index (κ1) is 21.3. The first-order valence-electron chi connectivity index (χ1n) is 9.06. The number of carbonyl (C=O) groups is 2. The molecule has 162 valence electrons. The van der Waals surface area contributed by atoms with E-state index < -0.39 is 47.2 Å². The van der Waals surface area contributed by atoms with Crippen molar-refractivity contribution in [3.05, 3.63) is 59.7 Å². The number of rotatable bonds is 4. The third-order valence-electron chi connectivity index (χ3n) is 4.57. The molecule has 0 aliphatic carbocycles. The van der Waals surface area contributed by atoms with Crippen LogP contribution < -0.4 is 21.1 Å². The van der Waals surface area contributed by atoms with Gasteiger partial charge in [-0.2, -0.15) is 0 Å². The Balaban J connectivity index is 1.54. The summed E-state index contributed by atoms with van der Waals surface area (Å²) < 4.78 is 53.7. The molecule has 31 heavy (non-hydrogen) atoms. The van der Waals surface area contributed by atoms with Crippen molar-refractivity contribution in [1.29, 1.82) is 0 Å². The number of aliphatic imine (C=N–C) groups is 1. The predicted octanol–water partition coefficient (Wildman–Crippen LogP) is 2.37. The summed E-state index contributed by atoms with van der Waals surface area (Å²) in [7, 11) is 0. The highest BCUT2D eigenvalue weighted by Gasteiger charge is 2.42. The Bertz CT molecular complexity index is 1060. The molecule has 2 amide bonds. The Kier molecular flexibility index (Phi) is 5.94. The van der Waals surface area contributed by atoms with E-state index in [0.29, 0.717) is 6.07 Å². The Morgan fingerprint density at radius 1 is 1.13 bits per heavy atom. The van der Waals surface area contributed by atoms with Crippen LogP contribution in [0.4, 0.5) is 28.9 Å². The van der Waals surface area contributed by atoms with Gasteiger partial charge in [0.2, 0.25) is 11.8 Å².